The molecule has 2 saturated heterocycles. The van der Waals surface area contributed by atoms with E-state index in [9.17, 15) is 9.90 Å². The highest BCUT2D eigenvalue weighted by Crippen LogP contribution is 2.43. The third kappa shape index (κ3) is 4.27. The van der Waals surface area contributed by atoms with Crippen molar-refractivity contribution < 1.29 is 14.6 Å². The number of nitrogens with zero attached hydrogens (tertiary/aromatic N) is 7. The molecule has 6 heterocycles. The zero-order valence-electron chi connectivity index (χ0n) is 22.4. The van der Waals surface area contributed by atoms with Gasteiger partial charge in [0.2, 0.25) is 5.82 Å². The number of anilines is 1. The van der Waals surface area contributed by atoms with Gasteiger partial charge in [0, 0.05) is 58.2 Å². The predicted molar refractivity (Wildman–Crippen MR) is 150 cm³/mol. The SMILES string of the molecule is COc1ccc(-c2ccc(-c3cnn4c(N)cc([C@@H]5C[C@H]6CC[C@@H](C5)N6C(=O)c5nnc[nH]5)nc34)cn2)cc1CO. The minimum Gasteiger partial charge on any atom is -0.496 e. The summed E-state index contributed by atoms with van der Waals surface area (Å²) in [5.41, 5.74) is 12.1. The van der Waals surface area contributed by atoms with Crippen LogP contribution in [0.4, 0.5) is 5.82 Å². The number of aliphatic hydroxyl groups excluding tert-OH is 1. The number of ether oxygens (including phenoxy) is 1. The summed E-state index contributed by atoms with van der Waals surface area (Å²) in [5.74, 6) is 1.53. The van der Waals surface area contributed by atoms with E-state index < -0.39 is 0 Å². The first kappa shape index (κ1) is 25.1. The summed E-state index contributed by atoms with van der Waals surface area (Å²) in [5, 5.41) is 21.9. The number of nitrogens with two attached hydrogens (primary N) is 1. The number of amides is 1. The van der Waals surface area contributed by atoms with Gasteiger partial charge in [-0.1, -0.05) is 6.07 Å². The van der Waals surface area contributed by atoms with Crippen LogP contribution in [0.3, 0.4) is 0 Å². The molecule has 0 radical (unpaired) electrons. The number of aromatic nitrogens is 7. The molecule has 2 fully saturated rings. The standard InChI is InChI=1S/C29H29N9O3/c1-41-25-7-3-16(8-19(25)14-39)23-6-2-17(12-31-23)22-13-34-38-26(30)11-24(35-28(22)38)18-9-20-4-5-21(10-18)37(20)29(40)27-32-15-33-36-27/h2-3,6-8,11-13,15,18,20-21,39H,4-5,9-10,14,30H2,1H3,(H,32,33,36)/t18-,20-,21+. The predicted octanol–water partition coefficient (Wildman–Crippen LogP) is 3.21. The lowest BCUT2D eigenvalue weighted by molar-refractivity contribution is 0.0557. The third-order valence-electron chi connectivity index (χ3n) is 8.35. The minimum absolute atomic E-state index is 0.0902. The molecule has 12 nitrogen and oxygen atoms in total. The van der Waals surface area contributed by atoms with Crippen LogP contribution in [0.5, 0.6) is 5.75 Å². The van der Waals surface area contributed by atoms with Gasteiger partial charge in [-0.05, 0) is 49.9 Å². The van der Waals surface area contributed by atoms with Crippen LogP contribution in [0.25, 0.3) is 28.0 Å². The number of pyridine rings is 1. The van der Waals surface area contributed by atoms with Crippen molar-refractivity contribution in [2.75, 3.05) is 12.8 Å². The summed E-state index contributed by atoms with van der Waals surface area (Å²) in [6.45, 7) is -0.120. The second-order valence-corrected chi connectivity index (χ2v) is 10.6. The molecule has 1 amide bonds. The highest BCUT2D eigenvalue weighted by atomic mass is 16.5. The van der Waals surface area contributed by atoms with Gasteiger partial charge in [-0.2, -0.15) is 9.61 Å². The topological polar surface area (TPSA) is 160 Å². The summed E-state index contributed by atoms with van der Waals surface area (Å²) in [6, 6.07) is 11.7. The lowest BCUT2D eigenvalue weighted by atomic mass is 9.87. The van der Waals surface area contributed by atoms with Crippen molar-refractivity contribution >= 4 is 17.4 Å². The highest BCUT2D eigenvalue weighted by Gasteiger charge is 2.45. The smallest absolute Gasteiger partial charge is 0.292 e. The minimum atomic E-state index is -0.120. The highest BCUT2D eigenvalue weighted by molar-refractivity contribution is 5.91. The summed E-state index contributed by atoms with van der Waals surface area (Å²) >= 11 is 0. The van der Waals surface area contributed by atoms with Gasteiger partial charge in [-0.3, -0.25) is 9.78 Å². The van der Waals surface area contributed by atoms with Crippen LogP contribution in [0.15, 0.2) is 55.1 Å². The molecule has 3 atom stereocenters. The van der Waals surface area contributed by atoms with Crippen molar-refractivity contribution in [1.82, 2.24) is 39.7 Å². The number of benzene rings is 1. The van der Waals surface area contributed by atoms with Crippen molar-refractivity contribution in [2.45, 2.75) is 50.3 Å². The summed E-state index contributed by atoms with van der Waals surface area (Å²) in [6.07, 6.45) is 8.55. The molecule has 2 aliphatic heterocycles. The average Bonchev–Trinajstić information content (AvgIpc) is 3.75. The summed E-state index contributed by atoms with van der Waals surface area (Å²) in [7, 11) is 1.58. The Labute approximate surface area is 235 Å². The molecule has 7 rings (SSSR count). The van der Waals surface area contributed by atoms with Gasteiger partial charge in [0.1, 0.15) is 17.9 Å². The number of hydrogen-bond donors (Lipinski definition) is 3. The maximum atomic E-state index is 13.1. The van der Waals surface area contributed by atoms with Gasteiger partial charge < -0.3 is 25.5 Å². The van der Waals surface area contributed by atoms with Crippen molar-refractivity contribution in [1.29, 1.82) is 0 Å². The van der Waals surface area contributed by atoms with Gasteiger partial charge in [0.05, 0.1) is 25.6 Å². The Kier molecular flexibility index (Phi) is 6.11. The average molecular weight is 552 g/mol. The Morgan fingerprint density at radius 1 is 1.12 bits per heavy atom. The fourth-order valence-electron chi connectivity index (χ4n) is 6.39. The summed E-state index contributed by atoms with van der Waals surface area (Å²) in [4.78, 5) is 27.6. The number of fused-ring (bicyclic) bond motifs is 3. The molecule has 0 saturated carbocycles. The molecule has 4 N–H and O–H groups in total. The molecule has 208 valence electrons. The van der Waals surface area contributed by atoms with Gasteiger partial charge in [0.25, 0.3) is 5.91 Å². The Hall–Kier alpha value is -4.84. The van der Waals surface area contributed by atoms with Gasteiger partial charge in [-0.25, -0.2) is 4.98 Å². The number of nitrogens with one attached hydrogen (secondary N) is 1. The number of aliphatic hydroxyl groups is 1. The maximum absolute atomic E-state index is 13.1. The Morgan fingerprint density at radius 3 is 2.61 bits per heavy atom. The van der Waals surface area contributed by atoms with E-state index in [2.05, 4.69) is 25.3 Å². The number of rotatable bonds is 6. The molecule has 12 heteroatoms. The first-order chi connectivity index (χ1) is 20.0. The van der Waals surface area contributed by atoms with Crippen molar-refractivity contribution in [3.05, 3.63) is 72.2 Å². The molecule has 5 aromatic rings. The lowest BCUT2D eigenvalue weighted by Crippen LogP contribution is -2.46. The fourth-order valence-corrected chi connectivity index (χ4v) is 6.39. The number of hydrogen-bond acceptors (Lipinski definition) is 9. The van der Waals surface area contributed by atoms with E-state index in [4.69, 9.17) is 15.5 Å². The van der Waals surface area contributed by atoms with E-state index in [1.807, 2.05) is 41.3 Å². The number of H-pyrrole nitrogens is 1. The zero-order chi connectivity index (χ0) is 28.1. The largest absolute Gasteiger partial charge is 0.496 e. The van der Waals surface area contributed by atoms with E-state index in [0.29, 0.717) is 22.8 Å². The Balaban J connectivity index is 1.17. The van der Waals surface area contributed by atoms with Gasteiger partial charge >= 0.3 is 0 Å². The lowest BCUT2D eigenvalue weighted by Gasteiger charge is -2.38. The molecule has 0 spiro atoms. The first-order valence-electron chi connectivity index (χ1n) is 13.6. The van der Waals surface area contributed by atoms with E-state index in [1.165, 1.54) is 6.33 Å². The van der Waals surface area contributed by atoms with Crippen molar-refractivity contribution in [2.24, 2.45) is 0 Å². The molecular weight excluding hydrogens is 522 g/mol. The molecule has 1 aromatic carbocycles. The molecule has 0 aliphatic carbocycles. The van der Waals surface area contributed by atoms with Crippen LogP contribution in [0.1, 0.15) is 53.5 Å². The van der Waals surface area contributed by atoms with Crippen molar-refractivity contribution in [3.63, 3.8) is 0 Å². The number of methoxy groups -OCH3 is 1. The second-order valence-electron chi connectivity index (χ2n) is 10.6. The summed E-state index contributed by atoms with van der Waals surface area (Å²) < 4.78 is 6.97. The van der Waals surface area contributed by atoms with Crippen LogP contribution in [0.2, 0.25) is 0 Å². The van der Waals surface area contributed by atoms with Gasteiger partial charge in [0.15, 0.2) is 5.65 Å². The number of nitrogen functional groups attached to an aromatic ring is 1. The van der Waals surface area contributed by atoms with Crippen LogP contribution in [-0.2, 0) is 6.61 Å². The van der Waals surface area contributed by atoms with E-state index >= 15 is 0 Å². The molecule has 41 heavy (non-hydrogen) atoms. The maximum Gasteiger partial charge on any atom is 0.292 e. The number of aromatic amines is 1. The van der Waals surface area contributed by atoms with E-state index in [0.717, 1.165) is 53.8 Å². The molecule has 2 bridgehead atoms. The van der Waals surface area contributed by atoms with Crippen molar-refractivity contribution in [3.8, 4) is 28.1 Å². The number of carbonyl (C=O) groups excluding carboxylic acids is 1. The number of carbonyl (C=O) groups is 1. The van der Waals surface area contributed by atoms with Crippen LogP contribution in [-0.4, -0.2) is 69.9 Å². The first-order valence-corrected chi connectivity index (χ1v) is 13.6. The molecule has 4 aromatic heterocycles. The third-order valence-corrected chi connectivity index (χ3v) is 8.35. The van der Waals surface area contributed by atoms with E-state index in [1.54, 1.807) is 24.0 Å². The fraction of sp³-hybridized carbons (Fsp3) is 0.310. The van der Waals surface area contributed by atoms with Gasteiger partial charge in [-0.15, -0.1) is 10.2 Å². The zero-order valence-corrected chi connectivity index (χ0v) is 22.4. The molecule has 0 unspecified atom stereocenters. The second kappa shape index (κ2) is 9.97. The van der Waals surface area contributed by atoms with E-state index in [-0.39, 0.29) is 36.3 Å². The Bertz CT molecular complexity index is 1720. The monoisotopic (exact) mass is 551 g/mol. The quantitative estimate of drug-likeness (QED) is 0.288. The Morgan fingerprint density at radius 2 is 1.93 bits per heavy atom. The number of piperidine rings is 1. The normalized spacial score (nSPS) is 20.0. The van der Waals surface area contributed by atoms with Crippen LogP contribution < -0.4 is 10.5 Å². The van der Waals surface area contributed by atoms with Crippen LogP contribution >= 0.6 is 0 Å². The van der Waals surface area contributed by atoms with Crippen LogP contribution in [0, 0.1) is 0 Å². The molecule has 2 aliphatic rings. The molecular formula is C29H29N9O3.